The molecule has 0 radical (unpaired) electrons. The van der Waals surface area contributed by atoms with Gasteiger partial charge in [-0.15, -0.1) is 0 Å². The van der Waals surface area contributed by atoms with E-state index in [1.54, 1.807) is 17.5 Å². The van der Waals surface area contributed by atoms with Crippen LogP contribution in [0.5, 0.6) is 5.75 Å². The first kappa shape index (κ1) is 9.27. The quantitative estimate of drug-likeness (QED) is 0.772. The van der Waals surface area contributed by atoms with Crippen LogP contribution in [0.15, 0.2) is 29.2 Å². The van der Waals surface area contributed by atoms with Crippen molar-refractivity contribution >= 4 is 11.3 Å². The third-order valence-electron chi connectivity index (χ3n) is 1.92. The number of hydrogen-bond donors (Lipinski definition) is 0. The molecule has 0 aliphatic heterocycles. The van der Waals surface area contributed by atoms with Crippen molar-refractivity contribution in [3.8, 4) is 5.75 Å². The monoisotopic (exact) mass is 208 g/mol. The molecule has 0 aliphatic carbocycles. The highest BCUT2D eigenvalue weighted by molar-refractivity contribution is 7.07. The smallest absolute Gasteiger partial charge is 0.157 e. The fourth-order valence-corrected chi connectivity index (χ4v) is 1.79. The van der Waals surface area contributed by atoms with Crippen LogP contribution in [-0.4, -0.2) is 9.78 Å². The van der Waals surface area contributed by atoms with Gasteiger partial charge in [-0.05, 0) is 29.3 Å². The van der Waals surface area contributed by atoms with Gasteiger partial charge < -0.3 is 4.74 Å². The van der Waals surface area contributed by atoms with Crippen molar-refractivity contribution in [3.05, 3.63) is 34.8 Å². The predicted octanol–water partition coefficient (Wildman–Crippen LogP) is 2.54. The second-order valence-electron chi connectivity index (χ2n) is 2.95. The highest BCUT2D eigenvalue weighted by Crippen LogP contribution is 2.12. The van der Waals surface area contributed by atoms with Gasteiger partial charge in [0.25, 0.3) is 0 Å². The van der Waals surface area contributed by atoms with Crippen molar-refractivity contribution in [1.29, 1.82) is 0 Å². The lowest BCUT2D eigenvalue weighted by atomic mass is 10.4. The molecule has 0 aromatic carbocycles. The van der Waals surface area contributed by atoms with Crippen molar-refractivity contribution in [1.82, 2.24) is 9.78 Å². The van der Waals surface area contributed by atoms with E-state index in [9.17, 15) is 0 Å². The molecule has 3 nitrogen and oxygen atoms in total. The number of aryl methyl sites for hydroxylation is 1. The van der Waals surface area contributed by atoms with E-state index in [4.69, 9.17) is 4.74 Å². The molecule has 0 unspecified atom stereocenters. The Morgan fingerprint density at radius 3 is 3.14 bits per heavy atom. The Labute approximate surface area is 86.9 Å². The molecule has 0 amide bonds. The van der Waals surface area contributed by atoms with Crippen LogP contribution >= 0.6 is 11.3 Å². The molecule has 0 saturated carbocycles. The first-order chi connectivity index (χ1) is 6.88. The van der Waals surface area contributed by atoms with Gasteiger partial charge in [0, 0.05) is 6.54 Å². The molecule has 14 heavy (non-hydrogen) atoms. The van der Waals surface area contributed by atoms with Crippen LogP contribution in [0.4, 0.5) is 0 Å². The Kier molecular flexibility index (Phi) is 2.84. The summed E-state index contributed by atoms with van der Waals surface area (Å²) in [7, 11) is 0. The molecule has 4 heteroatoms. The number of thiophene rings is 1. The maximum absolute atomic E-state index is 5.56. The summed E-state index contributed by atoms with van der Waals surface area (Å²) >= 11 is 1.68. The molecule has 2 heterocycles. The van der Waals surface area contributed by atoms with E-state index < -0.39 is 0 Å². The first-order valence-electron chi connectivity index (χ1n) is 4.55. The largest absolute Gasteiger partial charge is 0.486 e. The van der Waals surface area contributed by atoms with Crippen molar-refractivity contribution in [2.45, 2.75) is 20.1 Å². The van der Waals surface area contributed by atoms with E-state index in [1.165, 1.54) is 5.56 Å². The van der Waals surface area contributed by atoms with E-state index in [1.807, 2.05) is 16.3 Å². The minimum atomic E-state index is 0.624. The second kappa shape index (κ2) is 4.28. The SMILES string of the molecule is CCn1cc(OCc2ccsc2)cn1. The first-order valence-corrected chi connectivity index (χ1v) is 5.49. The van der Waals surface area contributed by atoms with Crippen LogP contribution in [0.3, 0.4) is 0 Å². The van der Waals surface area contributed by atoms with Gasteiger partial charge in [-0.25, -0.2) is 0 Å². The molecule has 2 rings (SSSR count). The van der Waals surface area contributed by atoms with Gasteiger partial charge in [0.05, 0.1) is 12.4 Å². The summed E-state index contributed by atoms with van der Waals surface area (Å²) in [6.45, 7) is 3.55. The Bertz CT molecular complexity index is 380. The van der Waals surface area contributed by atoms with Crippen LogP contribution in [0.25, 0.3) is 0 Å². The Morgan fingerprint density at radius 1 is 1.57 bits per heavy atom. The molecular weight excluding hydrogens is 196 g/mol. The summed E-state index contributed by atoms with van der Waals surface area (Å²) in [4.78, 5) is 0. The fourth-order valence-electron chi connectivity index (χ4n) is 1.13. The zero-order valence-corrected chi connectivity index (χ0v) is 8.83. The summed E-state index contributed by atoms with van der Waals surface area (Å²) in [5.74, 6) is 0.832. The van der Waals surface area contributed by atoms with Crippen LogP contribution < -0.4 is 4.74 Å². The maximum Gasteiger partial charge on any atom is 0.157 e. The standard InChI is InChI=1S/C10H12N2OS/c1-2-12-6-10(5-11-12)13-7-9-3-4-14-8-9/h3-6,8H,2,7H2,1H3. The lowest BCUT2D eigenvalue weighted by Crippen LogP contribution is -1.93. The van der Waals surface area contributed by atoms with E-state index in [0.717, 1.165) is 12.3 Å². The summed E-state index contributed by atoms with van der Waals surface area (Å²) in [5, 5.41) is 8.27. The summed E-state index contributed by atoms with van der Waals surface area (Å²) in [5.41, 5.74) is 1.21. The number of rotatable bonds is 4. The minimum Gasteiger partial charge on any atom is -0.486 e. The van der Waals surface area contributed by atoms with Gasteiger partial charge in [-0.1, -0.05) is 0 Å². The van der Waals surface area contributed by atoms with Crippen molar-refractivity contribution in [3.63, 3.8) is 0 Å². The van der Waals surface area contributed by atoms with Crippen LogP contribution in [0, 0.1) is 0 Å². The highest BCUT2D eigenvalue weighted by atomic mass is 32.1. The molecular formula is C10H12N2OS. The zero-order chi connectivity index (χ0) is 9.80. The highest BCUT2D eigenvalue weighted by Gasteiger charge is 1.98. The van der Waals surface area contributed by atoms with Crippen LogP contribution in [0.2, 0.25) is 0 Å². The molecule has 0 spiro atoms. The zero-order valence-electron chi connectivity index (χ0n) is 8.01. The minimum absolute atomic E-state index is 0.624. The van der Waals surface area contributed by atoms with Crippen molar-refractivity contribution in [2.75, 3.05) is 0 Å². The van der Waals surface area contributed by atoms with E-state index in [-0.39, 0.29) is 0 Å². The van der Waals surface area contributed by atoms with Crippen molar-refractivity contribution < 1.29 is 4.74 Å². The van der Waals surface area contributed by atoms with Gasteiger partial charge in [-0.2, -0.15) is 16.4 Å². The number of nitrogens with zero attached hydrogens (tertiary/aromatic N) is 2. The number of hydrogen-bond acceptors (Lipinski definition) is 3. The summed E-state index contributed by atoms with van der Waals surface area (Å²) in [6, 6.07) is 2.06. The molecule has 2 aromatic heterocycles. The van der Waals surface area contributed by atoms with Crippen LogP contribution in [-0.2, 0) is 13.2 Å². The third-order valence-corrected chi connectivity index (χ3v) is 2.65. The average Bonchev–Trinajstić information content (AvgIpc) is 2.86. The molecule has 2 aromatic rings. The maximum atomic E-state index is 5.56. The molecule has 0 N–H and O–H groups in total. The van der Waals surface area contributed by atoms with E-state index in [0.29, 0.717) is 6.61 Å². The van der Waals surface area contributed by atoms with Gasteiger partial charge >= 0.3 is 0 Å². The van der Waals surface area contributed by atoms with Gasteiger partial charge in [-0.3, -0.25) is 4.68 Å². The molecule has 0 saturated heterocycles. The lowest BCUT2D eigenvalue weighted by Gasteiger charge is -1.99. The van der Waals surface area contributed by atoms with Gasteiger partial charge in [0.1, 0.15) is 6.61 Å². The van der Waals surface area contributed by atoms with E-state index >= 15 is 0 Å². The van der Waals surface area contributed by atoms with E-state index in [2.05, 4.69) is 23.5 Å². The van der Waals surface area contributed by atoms with Crippen LogP contribution in [0.1, 0.15) is 12.5 Å². The predicted molar refractivity (Wildman–Crippen MR) is 56.6 cm³/mol. The Hall–Kier alpha value is -1.29. The number of ether oxygens (including phenoxy) is 1. The third kappa shape index (κ3) is 2.14. The molecule has 0 bridgehead atoms. The summed E-state index contributed by atoms with van der Waals surface area (Å²) in [6.07, 6.45) is 3.65. The average molecular weight is 208 g/mol. The molecule has 0 aliphatic rings. The van der Waals surface area contributed by atoms with Gasteiger partial charge in [0.15, 0.2) is 5.75 Å². The second-order valence-corrected chi connectivity index (χ2v) is 3.73. The van der Waals surface area contributed by atoms with Gasteiger partial charge in [0.2, 0.25) is 0 Å². The Balaban J connectivity index is 1.92. The Morgan fingerprint density at radius 2 is 2.50 bits per heavy atom. The fraction of sp³-hybridized carbons (Fsp3) is 0.300. The lowest BCUT2D eigenvalue weighted by molar-refractivity contribution is 0.306. The topological polar surface area (TPSA) is 27.1 Å². The molecule has 0 atom stereocenters. The summed E-state index contributed by atoms with van der Waals surface area (Å²) < 4.78 is 7.41. The molecule has 74 valence electrons. The molecule has 0 fully saturated rings. The number of aromatic nitrogens is 2. The van der Waals surface area contributed by atoms with Crippen molar-refractivity contribution in [2.24, 2.45) is 0 Å². The normalized spacial score (nSPS) is 10.4.